The third kappa shape index (κ3) is 2.83. The van der Waals surface area contributed by atoms with Gasteiger partial charge in [-0.1, -0.05) is 32.4 Å². The van der Waals surface area contributed by atoms with E-state index in [1.165, 1.54) is 0 Å². The van der Waals surface area contributed by atoms with Crippen molar-refractivity contribution < 1.29 is 9.21 Å². The predicted octanol–water partition coefficient (Wildman–Crippen LogP) is 2.83. The average molecular weight is 308 g/mol. The van der Waals surface area contributed by atoms with Gasteiger partial charge in [0.15, 0.2) is 5.58 Å². The van der Waals surface area contributed by atoms with Gasteiger partial charge in [0.25, 0.3) is 6.01 Å². The van der Waals surface area contributed by atoms with Crippen LogP contribution in [0.25, 0.3) is 11.1 Å². The van der Waals surface area contributed by atoms with Crippen LogP contribution in [-0.2, 0) is 4.79 Å². The second-order valence-corrected chi connectivity index (χ2v) is 6.87. The average Bonchev–Trinajstić information content (AvgIpc) is 2.73. The van der Waals surface area contributed by atoms with Crippen LogP contribution in [0.2, 0.25) is 5.02 Å². The molecular weight excluding hydrogens is 290 g/mol. The van der Waals surface area contributed by atoms with Gasteiger partial charge in [0.1, 0.15) is 5.52 Å². The quantitative estimate of drug-likeness (QED) is 0.927. The molecule has 1 N–H and O–H groups in total. The first-order valence-corrected chi connectivity index (χ1v) is 7.33. The van der Waals surface area contributed by atoms with E-state index in [4.69, 9.17) is 16.0 Å². The van der Waals surface area contributed by atoms with E-state index in [2.05, 4.69) is 10.3 Å². The SMILES string of the molecule is CC(C)(C)C(=O)NC1CN(c2nc3cc(Cl)ccc3o2)C1. The van der Waals surface area contributed by atoms with E-state index in [-0.39, 0.29) is 17.4 Å². The van der Waals surface area contributed by atoms with Crippen LogP contribution in [0.5, 0.6) is 0 Å². The number of amides is 1. The van der Waals surface area contributed by atoms with Crippen LogP contribution >= 0.6 is 11.6 Å². The number of nitrogens with one attached hydrogen (secondary N) is 1. The molecule has 1 aromatic carbocycles. The Kier molecular flexibility index (Phi) is 3.32. The van der Waals surface area contributed by atoms with Crippen molar-refractivity contribution >= 4 is 34.6 Å². The molecule has 0 bridgehead atoms. The smallest absolute Gasteiger partial charge is 0.298 e. The van der Waals surface area contributed by atoms with Crippen LogP contribution in [0.3, 0.4) is 0 Å². The van der Waals surface area contributed by atoms with E-state index in [1.807, 2.05) is 31.7 Å². The van der Waals surface area contributed by atoms with Gasteiger partial charge in [-0.3, -0.25) is 4.79 Å². The minimum absolute atomic E-state index is 0.0662. The number of fused-ring (bicyclic) bond motifs is 1. The zero-order valence-electron chi connectivity index (χ0n) is 12.3. The molecule has 0 atom stereocenters. The molecule has 2 aromatic rings. The van der Waals surface area contributed by atoms with Gasteiger partial charge in [-0.15, -0.1) is 0 Å². The fourth-order valence-corrected chi connectivity index (χ4v) is 2.32. The Balaban J connectivity index is 1.64. The molecule has 0 unspecified atom stereocenters. The predicted molar refractivity (Wildman–Crippen MR) is 82.6 cm³/mol. The van der Waals surface area contributed by atoms with Gasteiger partial charge in [0, 0.05) is 23.5 Å². The van der Waals surface area contributed by atoms with E-state index in [0.29, 0.717) is 24.1 Å². The number of nitrogens with zero attached hydrogens (tertiary/aromatic N) is 2. The zero-order valence-corrected chi connectivity index (χ0v) is 13.1. The lowest BCUT2D eigenvalue weighted by atomic mass is 9.94. The lowest BCUT2D eigenvalue weighted by Gasteiger charge is -2.39. The number of benzene rings is 1. The Hall–Kier alpha value is -1.75. The van der Waals surface area contributed by atoms with Crippen molar-refractivity contribution in [3.63, 3.8) is 0 Å². The van der Waals surface area contributed by atoms with Crippen molar-refractivity contribution in [3.8, 4) is 0 Å². The molecule has 112 valence electrons. The Morgan fingerprint density at radius 2 is 2.14 bits per heavy atom. The first-order valence-electron chi connectivity index (χ1n) is 6.95. The number of hydrogen-bond acceptors (Lipinski definition) is 4. The van der Waals surface area contributed by atoms with Crippen LogP contribution in [0.4, 0.5) is 6.01 Å². The molecule has 1 aliphatic heterocycles. The maximum atomic E-state index is 11.9. The topological polar surface area (TPSA) is 58.4 Å². The van der Waals surface area contributed by atoms with Crippen molar-refractivity contribution in [1.29, 1.82) is 0 Å². The van der Waals surface area contributed by atoms with Gasteiger partial charge in [-0.2, -0.15) is 4.98 Å². The first kappa shape index (κ1) is 14.2. The van der Waals surface area contributed by atoms with Gasteiger partial charge in [0.05, 0.1) is 6.04 Å². The molecular formula is C15H18ClN3O2. The zero-order chi connectivity index (χ0) is 15.2. The Morgan fingerprint density at radius 1 is 1.43 bits per heavy atom. The second kappa shape index (κ2) is 4.91. The summed E-state index contributed by atoms with van der Waals surface area (Å²) in [6.07, 6.45) is 0. The number of hydrogen-bond donors (Lipinski definition) is 1. The van der Waals surface area contributed by atoms with Gasteiger partial charge < -0.3 is 14.6 Å². The summed E-state index contributed by atoms with van der Waals surface area (Å²) in [6, 6.07) is 6.10. The molecule has 0 saturated carbocycles. The molecule has 1 amide bonds. The van der Waals surface area contributed by atoms with Crippen molar-refractivity contribution in [2.75, 3.05) is 18.0 Å². The number of oxazole rings is 1. The lowest BCUT2D eigenvalue weighted by molar-refractivity contribution is -0.129. The summed E-state index contributed by atoms with van der Waals surface area (Å²) < 4.78 is 5.69. The molecule has 21 heavy (non-hydrogen) atoms. The fraction of sp³-hybridized carbons (Fsp3) is 0.467. The highest BCUT2D eigenvalue weighted by molar-refractivity contribution is 6.31. The number of anilines is 1. The van der Waals surface area contributed by atoms with Crippen molar-refractivity contribution in [3.05, 3.63) is 23.2 Å². The van der Waals surface area contributed by atoms with Crippen LogP contribution in [-0.4, -0.2) is 30.0 Å². The lowest BCUT2D eigenvalue weighted by Crippen LogP contribution is -2.61. The van der Waals surface area contributed by atoms with Crippen LogP contribution in [0.15, 0.2) is 22.6 Å². The summed E-state index contributed by atoms with van der Waals surface area (Å²) in [5.41, 5.74) is 1.10. The molecule has 1 fully saturated rings. The summed E-state index contributed by atoms with van der Waals surface area (Å²) in [5.74, 6) is 0.0662. The maximum absolute atomic E-state index is 11.9. The molecule has 1 aliphatic rings. The molecule has 0 spiro atoms. The largest absolute Gasteiger partial charge is 0.423 e. The fourth-order valence-electron chi connectivity index (χ4n) is 2.15. The van der Waals surface area contributed by atoms with Gasteiger partial charge in [-0.05, 0) is 18.2 Å². The van der Waals surface area contributed by atoms with Crippen LogP contribution < -0.4 is 10.2 Å². The van der Waals surface area contributed by atoms with Crippen LogP contribution in [0.1, 0.15) is 20.8 Å². The Labute approximate surface area is 128 Å². The van der Waals surface area contributed by atoms with E-state index in [0.717, 1.165) is 11.1 Å². The van der Waals surface area contributed by atoms with E-state index >= 15 is 0 Å². The number of carbonyl (C=O) groups excluding carboxylic acids is 1. The number of rotatable bonds is 2. The van der Waals surface area contributed by atoms with Crippen LogP contribution in [0, 0.1) is 5.41 Å². The van der Waals surface area contributed by atoms with E-state index < -0.39 is 0 Å². The first-order chi connectivity index (χ1) is 9.83. The van der Waals surface area contributed by atoms with Gasteiger partial charge in [0.2, 0.25) is 5.91 Å². The molecule has 5 nitrogen and oxygen atoms in total. The highest BCUT2D eigenvalue weighted by atomic mass is 35.5. The number of halogens is 1. The molecule has 6 heteroatoms. The summed E-state index contributed by atoms with van der Waals surface area (Å²) in [7, 11) is 0. The van der Waals surface area contributed by atoms with E-state index in [9.17, 15) is 4.79 Å². The van der Waals surface area contributed by atoms with Crippen molar-refractivity contribution in [2.24, 2.45) is 5.41 Å². The molecule has 0 aliphatic carbocycles. The number of aromatic nitrogens is 1. The third-order valence-electron chi connectivity index (χ3n) is 3.51. The highest BCUT2D eigenvalue weighted by Crippen LogP contribution is 2.27. The molecule has 1 aromatic heterocycles. The molecule has 0 radical (unpaired) electrons. The van der Waals surface area contributed by atoms with E-state index in [1.54, 1.807) is 12.1 Å². The Morgan fingerprint density at radius 3 is 2.81 bits per heavy atom. The molecule has 3 rings (SSSR count). The highest BCUT2D eigenvalue weighted by Gasteiger charge is 2.33. The summed E-state index contributed by atoms with van der Waals surface area (Å²) in [4.78, 5) is 18.3. The van der Waals surface area contributed by atoms with Crippen molar-refractivity contribution in [2.45, 2.75) is 26.8 Å². The summed E-state index contributed by atoms with van der Waals surface area (Å²) in [6.45, 7) is 7.14. The normalized spacial score (nSPS) is 16.1. The van der Waals surface area contributed by atoms with Gasteiger partial charge >= 0.3 is 0 Å². The second-order valence-electron chi connectivity index (χ2n) is 6.43. The molecule has 2 heterocycles. The summed E-state index contributed by atoms with van der Waals surface area (Å²) >= 11 is 5.94. The third-order valence-corrected chi connectivity index (χ3v) is 3.74. The minimum atomic E-state index is -0.366. The standard InChI is InChI=1S/C15H18ClN3O2/c1-15(2,3)13(20)17-10-7-19(8-10)14-18-11-6-9(16)4-5-12(11)21-14/h4-6,10H,7-8H2,1-3H3,(H,17,20). The van der Waals surface area contributed by atoms with Crippen molar-refractivity contribution in [1.82, 2.24) is 10.3 Å². The minimum Gasteiger partial charge on any atom is -0.423 e. The summed E-state index contributed by atoms with van der Waals surface area (Å²) in [5, 5.41) is 3.67. The molecule has 1 saturated heterocycles. The number of carbonyl (C=O) groups is 1. The Bertz CT molecular complexity index is 684. The maximum Gasteiger partial charge on any atom is 0.298 e. The van der Waals surface area contributed by atoms with Gasteiger partial charge in [-0.25, -0.2) is 0 Å². The monoisotopic (exact) mass is 307 g/mol.